The summed E-state index contributed by atoms with van der Waals surface area (Å²) in [5.41, 5.74) is 8.22. The Hall–Kier alpha value is -1.55. The Morgan fingerprint density at radius 2 is 2.05 bits per heavy atom. The van der Waals surface area contributed by atoms with E-state index in [2.05, 4.69) is 48.1 Å². The predicted molar refractivity (Wildman–Crippen MR) is 88.3 cm³/mol. The number of rotatable bonds is 8. The van der Waals surface area contributed by atoms with Gasteiger partial charge in [0.05, 0.1) is 6.54 Å². The van der Waals surface area contributed by atoms with E-state index in [1.54, 1.807) is 0 Å². The molecule has 3 N–H and O–H groups in total. The highest BCUT2D eigenvalue weighted by atomic mass is 15.1. The van der Waals surface area contributed by atoms with Gasteiger partial charge in [-0.25, -0.2) is 0 Å². The van der Waals surface area contributed by atoms with Gasteiger partial charge in [0.25, 0.3) is 0 Å². The average Bonchev–Trinajstić information content (AvgIpc) is 2.46. The second-order valence-electron chi connectivity index (χ2n) is 4.88. The van der Waals surface area contributed by atoms with Crippen LogP contribution in [0, 0.1) is 0 Å². The third-order valence-electron chi connectivity index (χ3n) is 3.29. The van der Waals surface area contributed by atoms with Crippen LogP contribution in [0.25, 0.3) is 0 Å². The molecule has 0 aromatic heterocycles. The second-order valence-corrected chi connectivity index (χ2v) is 4.88. The molecule has 0 aliphatic carbocycles. The quantitative estimate of drug-likeness (QED) is 0.567. The fourth-order valence-electron chi connectivity index (χ4n) is 2.11. The van der Waals surface area contributed by atoms with E-state index in [9.17, 15) is 0 Å². The highest BCUT2D eigenvalue weighted by Gasteiger charge is 2.00. The highest BCUT2D eigenvalue weighted by molar-refractivity contribution is 5.92. The Morgan fingerprint density at radius 3 is 2.70 bits per heavy atom. The molecule has 0 amide bonds. The van der Waals surface area contributed by atoms with Crippen LogP contribution in [0.15, 0.2) is 29.3 Å². The number of benzene rings is 1. The van der Waals surface area contributed by atoms with Gasteiger partial charge in [0.2, 0.25) is 0 Å². The minimum absolute atomic E-state index is 0.491. The second kappa shape index (κ2) is 9.37. The van der Waals surface area contributed by atoms with E-state index in [0.717, 1.165) is 38.3 Å². The van der Waals surface area contributed by atoms with Gasteiger partial charge in [-0.15, -0.1) is 0 Å². The molecular formula is C16H28N4. The number of anilines is 1. The van der Waals surface area contributed by atoms with Gasteiger partial charge in [0.15, 0.2) is 5.96 Å². The van der Waals surface area contributed by atoms with Crippen molar-refractivity contribution < 1.29 is 0 Å². The molecule has 4 heteroatoms. The normalized spacial score (nSPS) is 11.9. The van der Waals surface area contributed by atoms with Crippen molar-refractivity contribution in [3.05, 3.63) is 29.8 Å². The predicted octanol–water partition coefficient (Wildman–Crippen LogP) is 2.71. The van der Waals surface area contributed by atoms with Gasteiger partial charge in [0, 0.05) is 12.2 Å². The average molecular weight is 276 g/mol. The van der Waals surface area contributed by atoms with Crippen molar-refractivity contribution in [3.8, 4) is 0 Å². The molecule has 0 atom stereocenters. The van der Waals surface area contributed by atoms with E-state index in [1.807, 2.05) is 12.1 Å². The number of likely N-dealkylation sites (N-methyl/N-ethyl adjacent to an activating group) is 1. The lowest BCUT2D eigenvalue weighted by molar-refractivity contribution is 0.297. The third kappa shape index (κ3) is 6.06. The molecule has 112 valence electrons. The van der Waals surface area contributed by atoms with Crippen molar-refractivity contribution in [1.82, 2.24) is 4.90 Å². The first-order valence-corrected chi connectivity index (χ1v) is 7.57. The number of aliphatic imine (C=N–C) groups is 1. The first-order valence-electron chi connectivity index (χ1n) is 7.57. The summed E-state index contributed by atoms with van der Waals surface area (Å²) in [5.74, 6) is 0.491. The van der Waals surface area contributed by atoms with Crippen LogP contribution < -0.4 is 11.1 Å². The first kappa shape index (κ1) is 16.5. The van der Waals surface area contributed by atoms with Gasteiger partial charge in [0.1, 0.15) is 0 Å². The van der Waals surface area contributed by atoms with Crippen molar-refractivity contribution in [2.24, 2.45) is 10.7 Å². The maximum absolute atomic E-state index is 5.92. The van der Waals surface area contributed by atoms with Crippen molar-refractivity contribution in [3.63, 3.8) is 0 Å². The topological polar surface area (TPSA) is 53.6 Å². The Kier molecular flexibility index (Phi) is 7.73. The lowest BCUT2D eigenvalue weighted by Gasteiger charge is -2.18. The zero-order valence-electron chi connectivity index (χ0n) is 13.0. The molecule has 0 saturated heterocycles. The Labute approximate surface area is 123 Å². The fourth-order valence-corrected chi connectivity index (χ4v) is 2.11. The summed E-state index contributed by atoms with van der Waals surface area (Å²) in [5, 5.41) is 3.15. The molecule has 4 nitrogen and oxygen atoms in total. The molecule has 0 bridgehead atoms. The standard InChI is InChI=1S/C16H28N4/c1-4-11-20(6-3)12-10-18-16(17)19-15-9-7-8-14(5-2)13-15/h7-9,13H,4-6,10-12H2,1-3H3,(H3,17,18,19). The summed E-state index contributed by atoms with van der Waals surface area (Å²) < 4.78 is 0. The monoisotopic (exact) mass is 276 g/mol. The highest BCUT2D eigenvalue weighted by Crippen LogP contribution is 2.10. The van der Waals surface area contributed by atoms with E-state index >= 15 is 0 Å². The number of nitrogens with two attached hydrogens (primary N) is 1. The van der Waals surface area contributed by atoms with Gasteiger partial charge in [-0.2, -0.15) is 0 Å². The van der Waals surface area contributed by atoms with Gasteiger partial charge < -0.3 is 16.0 Å². The van der Waals surface area contributed by atoms with Gasteiger partial charge in [-0.3, -0.25) is 4.99 Å². The summed E-state index contributed by atoms with van der Waals surface area (Å²) in [6.45, 7) is 10.4. The summed E-state index contributed by atoms with van der Waals surface area (Å²) in [6.07, 6.45) is 2.20. The molecular weight excluding hydrogens is 248 g/mol. The molecule has 1 aromatic carbocycles. The van der Waals surface area contributed by atoms with Crippen LogP contribution in [0.2, 0.25) is 0 Å². The fraction of sp³-hybridized carbons (Fsp3) is 0.562. The molecule has 0 spiro atoms. The lowest BCUT2D eigenvalue weighted by Crippen LogP contribution is -2.29. The summed E-state index contributed by atoms with van der Waals surface area (Å²) in [7, 11) is 0. The number of aryl methyl sites for hydroxylation is 1. The Balaban J connectivity index is 2.44. The molecule has 0 saturated carbocycles. The van der Waals surface area contributed by atoms with Gasteiger partial charge in [-0.05, 0) is 43.6 Å². The van der Waals surface area contributed by atoms with Crippen molar-refractivity contribution in [2.45, 2.75) is 33.6 Å². The minimum atomic E-state index is 0.491. The Bertz CT molecular complexity index is 415. The van der Waals surface area contributed by atoms with Crippen LogP contribution in [0.3, 0.4) is 0 Å². The number of nitrogens with one attached hydrogen (secondary N) is 1. The molecule has 1 rings (SSSR count). The summed E-state index contributed by atoms with van der Waals surface area (Å²) in [4.78, 5) is 6.77. The Morgan fingerprint density at radius 1 is 1.25 bits per heavy atom. The molecule has 0 fully saturated rings. The molecule has 0 aliphatic rings. The number of hydrogen-bond acceptors (Lipinski definition) is 2. The van der Waals surface area contributed by atoms with Crippen molar-refractivity contribution >= 4 is 11.6 Å². The molecule has 1 aromatic rings. The third-order valence-corrected chi connectivity index (χ3v) is 3.29. The van der Waals surface area contributed by atoms with E-state index in [-0.39, 0.29) is 0 Å². The van der Waals surface area contributed by atoms with Crippen molar-refractivity contribution in [1.29, 1.82) is 0 Å². The van der Waals surface area contributed by atoms with Crippen LogP contribution in [0.1, 0.15) is 32.8 Å². The SMILES string of the molecule is CCCN(CC)CCN=C(N)Nc1cccc(CC)c1. The van der Waals surface area contributed by atoms with Crippen LogP contribution in [0.4, 0.5) is 5.69 Å². The molecule has 0 aliphatic heterocycles. The summed E-state index contributed by atoms with van der Waals surface area (Å²) in [6, 6.07) is 8.27. The first-order chi connectivity index (χ1) is 9.69. The van der Waals surface area contributed by atoms with E-state index < -0.39 is 0 Å². The maximum Gasteiger partial charge on any atom is 0.193 e. The van der Waals surface area contributed by atoms with E-state index in [4.69, 9.17) is 5.73 Å². The molecule has 20 heavy (non-hydrogen) atoms. The largest absolute Gasteiger partial charge is 0.370 e. The van der Waals surface area contributed by atoms with E-state index in [1.165, 1.54) is 12.0 Å². The lowest BCUT2D eigenvalue weighted by atomic mass is 10.1. The van der Waals surface area contributed by atoms with Gasteiger partial charge in [-0.1, -0.05) is 32.9 Å². The smallest absolute Gasteiger partial charge is 0.193 e. The molecule has 0 heterocycles. The summed E-state index contributed by atoms with van der Waals surface area (Å²) >= 11 is 0. The van der Waals surface area contributed by atoms with Crippen LogP contribution in [0.5, 0.6) is 0 Å². The van der Waals surface area contributed by atoms with Crippen LogP contribution in [-0.2, 0) is 6.42 Å². The number of guanidine groups is 1. The van der Waals surface area contributed by atoms with Gasteiger partial charge >= 0.3 is 0 Å². The van der Waals surface area contributed by atoms with Crippen molar-refractivity contribution in [2.75, 3.05) is 31.5 Å². The van der Waals surface area contributed by atoms with Crippen LogP contribution >= 0.6 is 0 Å². The van der Waals surface area contributed by atoms with Crippen LogP contribution in [-0.4, -0.2) is 37.0 Å². The minimum Gasteiger partial charge on any atom is -0.370 e. The number of hydrogen-bond donors (Lipinski definition) is 2. The molecule has 0 radical (unpaired) electrons. The molecule has 0 unspecified atom stereocenters. The zero-order valence-corrected chi connectivity index (χ0v) is 13.0. The number of nitrogens with zero attached hydrogens (tertiary/aromatic N) is 2. The van der Waals surface area contributed by atoms with E-state index in [0.29, 0.717) is 5.96 Å². The maximum atomic E-state index is 5.92. The zero-order chi connectivity index (χ0) is 14.8.